The van der Waals surface area contributed by atoms with E-state index in [0.29, 0.717) is 12.4 Å². The van der Waals surface area contributed by atoms with Crippen molar-refractivity contribution in [1.29, 1.82) is 0 Å². The van der Waals surface area contributed by atoms with Crippen LogP contribution < -0.4 is 0 Å². The summed E-state index contributed by atoms with van der Waals surface area (Å²) in [5, 5.41) is 10.8. The molecule has 1 fully saturated rings. The Kier molecular flexibility index (Phi) is 6.34. The van der Waals surface area contributed by atoms with Crippen molar-refractivity contribution in [3.63, 3.8) is 0 Å². The van der Waals surface area contributed by atoms with Gasteiger partial charge in [0.2, 0.25) is 8.32 Å². The lowest BCUT2D eigenvalue weighted by Gasteiger charge is -2.32. The van der Waals surface area contributed by atoms with Crippen molar-refractivity contribution in [1.82, 2.24) is 0 Å². The van der Waals surface area contributed by atoms with E-state index < -0.39 is 13.9 Å². The minimum absolute atomic E-state index is 0.179. The van der Waals surface area contributed by atoms with Crippen LogP contribution in [0.4, 0.5) is 0 Å². The van der Waals surface area contributed by atoms with Crippen LogP contribution in [0.15, 0.2) is 23.1 Å². The van der Waals surface area contributed by atoms with Crippen LogP contribution in [-0.4, -0.2) is 31.9 Å². The van der Waals surface area contributed by atoms with Crippen molar-refractivity contribution < 1.29 is 19.0 Å². The second kappa shape index (κ2) is 7.18. The molecule has 2 unspecified atom stereocenters. The van der Waals surface area contributed by atoms with Gasteiger partial charge in [-0.25, -0.2) is 0 Å². The zero-order valence-electron chi connectivity index (χ0n) is 13.7. The van der Waals surface area contributed by atoms with Crippen molar-refractivity contribution in [2.75, 3.05) is 6.61 Å². The number of aliphatic hydroxyl groups is 1. The average molecular weight is 335 g/mol. The van der Waals surface area contributed by atoms with Crippen molar-refractivity contribution in [3.8, 4) is 0 Å². The minimum atomic E-state index is -1.79. The second-order valence-corrected chi connectivity index (χ2v) is 11.3. The van der Waals surface area contributed by atoms with Crippen LogP contribution in [-0.2, 0) is 13.9 Å². The summed E-state index contributed by atoms with van der Waals surface area (Å²) in [5.74, 6) is 0.688. The van der Waals surface area contributed by atoms with E-state index in [2.05, 4.69) is 26.2 Å². The summed E-state index contributed by atoms with van der Waals surface area (Å²) in [6.45, 7) is 13.9. The van der Waals surface area contributed by atoms with Crippen LogP contribution in [0.5, 0.6) is 0 Å². The standard InChI is InChI=1S/C15H27ClO4Si/c1-11(20-21(4,5)6)14(16)15(3,17)12(2)19-13-9-7-8-10-18-13/h13,17H,2,7-10H2,1,3-6H3/b14-11+. The highest BCUT2D eigenvalue weighted by Crippen LogP contribution is 2.33. The zero-order chi connectivity index (χ0) is 16.3. The SMILES string of the molecule is C=C(OC1CCCCO1)C(C)(O)/C(Cl)=C(/C)O[Si](C)(C)C. The first-order chi connectivity index (χ1) is 9.54. The fourth-order valence-corrected chi connectivity index (χ4v) is 3.28. The predicted octanol–water partition coefficient (Wildman–Crippen LogP) is 4.12. The van der Waals surface area contributed by atoms with Crippen LogP contribution in [0, 0.1) is 0 Å². The molecule has 1 N–H and O–H groups in total. The molecule has 1 aliphatic rings. The van der Waals surface area contributed by atoms with E-state index in [0.717, 1.165) is 19.3 Å². The third-order valence-electron chi connectivity index (χ3n) is 3.15. The smallest absolute Gasteiger partial charge is 0.241 e. The Morgan fingerprint density at radius 2 is 2.00 bits per heavy atom. The molecule has 1 heterocycles. The summed E-state index contributed by atoms with van der Waals surface area (Å²) in [5.41, 5.74) is -1.49. The highest BCUT2D eigenvalue weighted by molar-refractivity contribution is 6.70. The van der Waals surface area contributed by atoms with E-state index >= 15 is 0 Å². The van der Waals surface area contributed by atoms with Gasteiger partial charge in [-0.3, -0.25) is 0 Å². The first kappa shape index (κ1) is 18.6. The highest BCUT2D eigenvalue weighted by atomic mass is 35.5. The Morgan fingerprint density at radius 3 is 2.48 bits per heavy atom. The molecule has 4 nitrogen and oxygen atoms in total. The maximum Gasteiger partial charge on any atom is 0.241 e. The van der Waals surface area contributed by atoms with Gasteiger partial charge in [-0.05, 0) is 46.3 Å². The van der Waals surface area contributed by atoms with Gasteiger partial charge in [-0.15, -0.1) is 0 Å². The van der Waals surface area contributed by atoms with Gasteiger partial charge in [0.05, 0.1) is 17.4 Å². The Balaban J connectivity index is 2.77. The molecule has 0 saturated carbocycles. The van der Waals surface area contributed by atoms with Crippen molar-refractivity contribution >= 4 is 19.9 Å². The van der Waals surface area contributed by atoms with E-state index in [4.69, 9.17) is 25.5 Å². The predicted molar refractivity (Wildman–Crippen MR) is 87.4 cm³/mol. The molecule has 1 saturated heterocycles. The van der Waals surface area contributed by atoms with E-state index in [1.54, 1.807) is 13.8 Å². The number of allylic oxidation sites excluding steroid dienone is 1. The third kappa shape index (κ3) is 5.66. The molecule has 0 bridgehead atoms. The number of hydrogen-bond acceptors (Lipinski definition) is 4. The van der Waals surface area contributed by atoms with Crippen molar-refractivity contribution in [3.05, 3.63) is 23.1 Å². The topological polar surface area (TPSA) is 47.9 Å². The lowest BCUT2D eigenvalue weighted by Crippen LogP contribution is -2.34. The summed E-state index contributed by atoms with van der Waals surface area (Å²) in [6, 6.07) is 0. The largest absolute Gasteiger partial charge is 0.546 e. The fraction of sp³-hybridized carbons (Fsp3) is 0.733. The molecule has 0 aliphatic carbocycles. The van der Waals surface area contributed by atoms with Gasteiger partial charge in [0.15, 0.2) is 11.9 Å². The number of halogens is 1. The molecular weight excluding hydrogens is 308 g/mol. The Bertz CT molecular complexity index is 406. The Morgan fingerprint density at radius 1 is 1.38 bits per heavy atom. The third-order valence-corrected chi connectivity index (χ3v) is 4.70. The van der Waals surface area contributed by atoms with Crippen LogP contribution in [0.1, 0.15) is 33.1 Å². The molecule has 122 valence electrons. The maximum absolute atomic E-state index is 10.6. The zero-order valence-corrected chi connectivity index (χ0v) is 15.4. The molecule has 0 amide bonds. The van der Waals surface area contributed by atoms with E-state index in [-0.39, 0.29) is 17.1 Å². The molecule has 0 spiro atoms. The van der Waals surface area contributed by atoms with Crippen molar-refractivity contribution in [2.24, 2.45) is 0 Å². The first-order valence-corrected chi connectivity index (χ1v) is 11.1. The quantitative estimate of drug-likeness (QED) is 0.586. The highest BCUT2D eigenvalue weighted by Gasteiger charge is 2.35. The molecule has 1 rings (SSSR count). The number of hydrogen-bond donors (Lipinski definition) is 1. The van der Waals surface area contributed by atoms with Crippen LogP contribution >= 0.6 is 11.6 Å². The summed E-state index contributed by atoms with van der Waals surface area (Å²) < 4.78 is 16.9. The molecule has 6 heteroatoms. The number of rotatable bonds is 6. The van der Waals surface area contributed by atoms with Gasteiger partial charge in [0.25, 0.3) is 0 Å². The second-order valence-electron chi connectivity index (χ2n) is 6.49. The summed E-state index contributed by atoms with van der Waals surface area (Å²) in [7, 11) is -1.79. The van der Waals surface area contributed by atoms with Crippen LogP contribution in [0.25, 0.3) is 0 Å². The average Bonchev–Trinajstić information content (AvgIpc) is 2.36. The summed E-state index contributed by atoms with van der Waals surface area (Å²) in [4.78, 5) is 0. The molecule has 0 aromatic heterocycles. The van der Waals surface area contributed by atoms with Crippen LogP contribution in [0.3, 0.4) is 0 Å². The van der Waals surface area contributed by atoms with Gasteiger partial charge in [-0.2, -0.15) is 0 Å². The lowest BCUT2D eigenvalue weighted by atomic mass is 10.0. The summed E-state index contributed by atoms with van der Waals surface area (Å²) >= 11 is 6.29. The van der Waals surface area contributed by atoms with Gasteiger partial charge in [0.1, 0.15) is 5.76 Å². The van der Waals surface area contributed by atoms with E-state index in [9.17, 15) is 5.11 Å². The monoisotopic (exact) mass is 334 g/mol. The van der Waals surface area contributed by atoms with Gasteiger partial charge in [0, 0.05) is 6.42 Å². The Labute approximate surface area is 133 Å². The maximum atomic E-state index is 10.6. The van der Waals surface area contributed by atoms with E-state index in [1.807, 2.05) is 0 Å². The van der Waals surface area contributed by atoms with Crippen LogP contribution in [0.2, 0.25) is 19.6 Å². The van der Waals surface area contributed by atoms with Gasteiger partial charge >= 0.3 is 0 Å². The molecule has 0 aromatic rings. The molecular formula is C15H27ClO4Si. The van der Waals surface area contributed by atoms with Gasteiger partial charge in [-0.1, -0.05) is 18.2 Å². The van der Waals surface area contributed by atoms with Crippen molar-refractivity contribution in [2.45, 2.75) is 64.6 Å². The first-order valence-electron chi connectivity index (χ1n) is 7.30. The molecule has 0 aromatic carbocycles. The molecule has 0 radical (unpaired) electrons. The molecule has 21 heavy (non-hydrogen) atoms. The molecule has 1 aliphatic heterocycles. The summed E-state index contributed by atoms with van der Waals surface area (Å²) in [6.07, 6.45) is 2.51. The number of ether oxygens (including phenoxy) is 2. The Hall–Kier alpha value is -0.493. The molecule has 2 atom stereocenters. The van der Waals surface area contributed by atoms with E-state index in [1.165, 1.54) is 0 Å². The lowest BCUT2D eigenvalue weighted by molar-refractivity contribution is -0.153. The normalized spacial score (nSPS) is 23.9. The van der Waals surface area contributed by atoms with Gasteiger partial charge < -0.3 is 19.0 Å². The fourth-order valence-electron chi connectivity index (χ4n) is 2.05. The minimum Gasteiger partial charge on any atom is -0.546 e.